The summed E-state index contributed by atoms with van der Waals surface area (Å²) in [5.41, 5.74) is 3.55. The van der Waals surface area contributed by atoms with Crippen molar-refractivity contribution in [3.63, 3.8) is 0 Å². The van der Waals surface area contributed by atoms with E-state index in [1.807, 2.05) is 60.0 Å². The van der Waals surface area contributed by atoms with Crippen molar-refractivity contribution < 1.29 is 4.79 Å². The molecule has 0 fully saturated rings. The number of benzene rings is 2. The van der Waals surface area contributed by atoms with Gasteiger partial charge in [-0.05, 0) is 54.6 Å². The fourth-order valence-electron chi connectivity index (χ4n) is 3.73. The summed E-state index contributed by atoms with van der Waals surface area (Å²) < 4.78 is 1.74. The molecule has 0 aliphatic heterocycles. The Hall–Kier alpha value is -3.25. The van der Waals surface area contributed by atoms with Gasteiger partial charge in [-0.2, -0.15) is 0 Å². The number of amides is 1. The second-order valence-corrected chi connectivity index (χ2v) is 8.58. The SMILES string of the molecule is CCC[C@@H](NC(=O)c1ccc(Cn2c(=O)c(C)nc3ccccc32)cc1)c1cccs1. The van der Waals surface area contributed by atoms with Crippen LogP contribution in [-0.4, -0.2) is 15.5 Å². The minimum atomic E-state index is -0.0983. The van der Waals surface area contributed by atoms with Crippen LogP contribution in [0, 0.1) is 6.92 Å². The van der Waals surface area contributed by atoms with Gasteiger partial charge in [-0.3, -0.25) is 9.59 Å². The van der Waals surface area contributed by atoms with E-state index in [1.54, 1.807) is 22.8 Å². The van der Waals surface area contributed by atoms with Crippen LogP contribution in [0.15, 0.2) is 70.8 Å². The molecular formula is C25H25N3O2S. The molecule has 5 nitrogen and oxygen atoms in total. The maximum absolute atomic E-state index is 12.8. The molecule has 0 spiro atoms. The van der Waals surface area contributed by atoms with Crippen molar-refractivity contribution in [1.82, 2.24) is 14.9 Å². The Morgan fingerprint density at radius 1 is 1.10 bits per heavy atom. The van der Waals surface area contributed by atoms with Crippen LogP contribution >= 0.6 is 11.3 Å². The third kappa shape index (κ3) is 4.59. The third-order valence-electron chi connectivity index (χ3n) is 5.34. The number of carbonyl (C=O) groups excluding carboxylic acids is 1. The number of carbonyl (C=O) groups is 1. The summed E-state index contributed by atoms with van der Waals surface area (Å²) in [6.07, 6.45) is 1.90. The van der Waals surface area contributed by atoms with Crippen molar-refractivity contribution in [3.05, 3.63) is 98.1 Å². The molecule has 1 N–H and O–H groups in total. The second kappa shape index (κ2) is 9.27. The van der Waals surface area contributed by atoms with Gasteiger partial charge in [-0.25, -0.2) is 4.98 Å². The molecule has 0 saturated heterocycles. The number of hydrogen-bond acceptors (Lipinski definition) is 4. The van der Waals surface area contributed by atoms with Gasteiger partial charge in [0, 0.05) is 10.4 Å². The van der Waals surface area contributed by atoms with Crippen LogP contribution in [0.4, 0.5) is 0 Å². The fourth-order valence-corrected chi connectivity index (χ4v) is 4.54. The van der Waals surface area contributed by atoms with E-state index >= 15 is 0 Å². The van der Waals surface area contributed by atoms with Gasteiger partial charge in [0.05, 0.1) is 23.6 Å². The molecule has 4 rings (SSSR count). The Bertz CT molecular complexity index is 1240. The molecule has 6 heteroatoms. The lowest BCUT2D eigenvalue weighted by Crippen LogP contribution is -2.28. The van der Waals surface area contributed by atoms with Gasteiger partial charge in [0.15, 0.2) is 0 Å². The quantitative estimate of drug-likeness (QED) is 0.443. The van der Waals surface area contributed by atoms with E-state index in [-0.39, 0.29) is 17.5 Å². The molecule has 0 bridgehead atoms. The monoisotopic (exact) mass is 431 g/mol. The van der Waals surface area contributed by atoms with Crippen molar-refractivity contribution in [2.24, 2.45) is 0 Å². The van der Waals surface area contributed by atoms with Crippen molar-refractivity contribution in [2.75, 3.05) is 0 Å². The van der Waals surface area contributed by atoms with Gasteiger partial charge in [-0.1, -0.05) is 43.7 Å². The number of para-hydroxylation sites is 2. The zero-order chi connectivity index (χ0) is 21.8. The Morgan fingerprint density at radius 2 is 1.87 bits per heavy atom. The first kappa shape index (κ1) is 21.0. The van der Waals surface area contributed by atoms with Crippen molar-refractivity contribution in [1.29, 1.82) is 0 Å². The van der Waals surface area contributed by atoms with E-state index in [2.05, 4.69) is 23.3 Å². The van der Waals surface area contributed by atoms with Crippen molar-refractivity contribution in [3.8, 4) is 0 Å². The van der Waals surface area contributed by atoms with Crippen LogP contribution in [0.5, 0.6) is 0 Å². The minimum absolute atomic E-state index is 0.0295. The van der Waals surface area contributed by atoms with Gasteiger partial charge < -0.3 is 9.88 Å². The molecule has 2 aromatic heterocycles. The largest absolute Gasteiger partial charge is 0.344 e. The molecule has 1 amide bonds. The number of hydrogen-bond donors (Lipinski definition) is 1. The van der Waals surface area contributed by atoms with Gasteiger partial charge in [0.1, 0.15) is 5.69 Å². The summed E-state index contributed by atoms with van der Waals surface area (Å²) >= 11 is 1.66. The number of nitrogens with zero attached hydrogens (tertiary/aromatic N) is 2. The fraction of sp³-hybridized carbons (Fsp3) is 0.240. The Kier molecular flexibility index (Phi) is 6.28. The molecule has 2 aromatic carbocycles. The van der Waals surface area contributed by atoms with Crippen LogP contribution in [0.3, 0.4) is 0 Å². The standard InChI is InChI=1S/C25H25N3O2S/c1-3-7-21(23-10-6-15-31-23)27-24(29)19-13-11-18(12-14-19)16-28-22-9-5-4-8-20(22)26-17(2)25(28)30/h4-6,8-15,21H,3,7,16H2,1-2H3,(H,27,29)/t21-/m1/s1. The lowest BCUT2D eigenvalue weighted by atomic mass is 10.1. The van der Waals surface area contributed by atoms with Crippen LogP contribution in [0.1, 0.15) is 52.3 Å². The zero-order valence-corrected chi connectivity index (χ0v) is 18.5. The van der Waals surface area contributed by atoms with Crippen LogP contribution in [-0.2, 0) is 6.54 Å². The summed E-state index contributed by atoms with van der Waals surface area (Å²) in [6, 6.07) is 19.2. The number of aryl methyl sites for hydroxylation is 1. The maximum Gasteiger partial charge on any atom is 0.272 e. The number of aromatic nitrogens is 2. The predicted molar refractivity (Wildman–Crippen MR) is 126 cm³/mol. The van der Waals surface area contributed by atoms with E-state index in [0.29, 0.717) is 17.8 Å². The topological polar surface area (TPSA) is 64.0 Å². The highest BCUT2D eigenvalue weighted by molar-refractivity contribution is 7.10. The Labute approximate surface area is 185 Å². The average Bonchev–Trinajstić information content (AvgIpc) is 3.32. The molecule has 0 saturated carbocycles. The van der Waals surface area contributed by atoms with Gasteiger partial charge in [0.2, 0.25) is 0 Å². The smallest absolute Gasteiger partial charge is 0.272 e. The molecule has 1 atom stereocenters. The highest BCUT2D eigenvalue weighted by Crippen LogP contribution is 2.23. The van der Waals surface area contributed by atoms with E-state index in [9.17, 15) is 9.59 Å². The highest BCUT2D eigenvalue weighted by Gasteiger charge is 2.16. The van der Waals surface area contributed by atoms with Gasteiger partial charge in [0.25, 0.3) is 11.5 Å². The molecule has 31 heavy (non-hydrogen) atoms. The average molecular weight is 432 g/mol. The summed E-state index contributed by atoms with van der Waals surface area (Å²) in [5, 5.41) is 5.19. The molecule has 0 aliphatic rings. The Balaban J connectivity index is 1.54. The summed E-state index contributed by atoms with van der Waals surface area (Å²) in [7, 11) is 0. The first-order chi connectivity index (χ1) is 15.1. The predicted octanol–water partition coefficient (Wildman–Crippen LogP) is 5.09. The number of fused-ring (bicyclic) bond motifs is 1. The molecule has 4 aromatic rings. The zero-order valence-electron chi connectivity index (χ0n) is 17.7. The molecule has 2 heterocycles. The van der Waals surface area contributed by atoms with Crippen molar-refractivity contribution >= 4 is 28.3 Å². The van der Waals surface area contributed by atoms with E-state index in [1.165, 1.54) is 4.88 Å². The minimum Gasteiger partial charge on any atom is -0.344 e. The van der Waals surface area contributed by atoms with E-state index < -0.39 is 0 Å². The van der Waals surface area contributed by atoms with Gasteiger partial charge >= 0.3 is 0 Å². The van der Waals surface area contributed by atoms with E-state index in [0.717, 1.165) is 29.4 Å². The highest BCUT2D eigenvalue weighted by atomic mass is 32.1. The van der Waals surface area contributed by atoms with Gasteiger partial charge in [-0.15, -0.1) is 11.3 Å². The molecule has 0 unspecified atom stereocenters. The number of nitrogens with one attached hydrogen (secondary N) is 1. The molecule has 0 aliphatic carbocycles. The first-order valence-electron chi connectivity index (χ1n) is 10.5. The lowest BCUT2D eigenvalue weighted by molar-refractivity contribution is 0.0935. The van der Waals surface area contributed by atoms with Crippen LogP contribution < -0.4 is 10.9 Å². The maximum atomic E-state index is 12.8. The number of rotatable bonds is 7. The molecule has 158 valence electrons. The van der Waals surface area contributed by atoms with Crippen LogP contribution in [0.2, 0.25) is 0 Å². The summed E-state index contributed by atoms with van der Waals surface area (Å²) in [4.78, 5) is 31.1. The van der Waals surface area contributed by atoms with Crippen molar-refractivity contribution in [2.45, 2.75) is 39.3 Å². The second-order valence-electron chi connectivity index (χ2n) is 7.60. The van der Waals surface area contributed by atoms with Crippen LogP contribution in [0.25, 0.3) is 11.0 Å². The molecular weight excluding hydrogens is 406 g/mol. The molecule has 0 radical (unpaired) electrons. The summed E-state index contributed by atoms with van der Waals surface area (Å²) in [5.74, 6) is -0.0826. The normalized spacial score (nSPS) is 12.1. The summed E-state index contributed by atoms with van der Waals surface area (Å²) in [6.45, 7) is 4.28. The first-order valence-corrected chi connectivity index (χ1v) is 11.3. The number of thiophene rings is 1. The lowest BCUT2D eigenvalue weighted by Gasteiger charge is -2.17. The van der Waals surface area contributed by atoms with E-state index in [4.69, 9.17) is 0 Å². The third-order valence-corrected chi connectivity index (χ3v) is 6.33. The Morgan fingerprint density at radius 3 is 2.58 bits per heavy atom.